The van der Waals surface area contributed by atoms with E-state index < -0.39 is 0 Å². The lowest BCUT2D eigenvalue weighted by molar-refractivity contribution is 0.102. The molecule has 1 aliphatic heterocycles. The molecule has 0 unspecified atom stereocenters. The van der Waals surface area contributed by atoms with Crippen molar-refractivity contribution in [2.45, 2.75) is 6.92 Å². The van der Waals surface area contributed by atoms with Gasteiger partial charge in [0.1, 0.15) is 19.0 Å². The van der Waals surface area contributed by atoms with E-state index in [1.807, 2.05) is 31.2 Å². The van der Waals surface area contributed by atoms with E-state index in [1.54, 1.807) is 24.4 Å². The maximum atomic E-state index is 12.5. The summed E-state index contributed by atoms with van der Waals surface area (Å²) >= 11 is 0. The number of benzene rings is 2. The summed E-state index contributed by atoms with van der Waals surface area (Å²) in [6, 6.07) is 12.5. The number of nitrogens with zero attached hydrogens (tertiary/aromatic N) is 1. The van der Waals surface area contributed by atoms with Crippen LogP contribution in [-0.2, 0) is 0 Å². The van der Waals surface area contributed by atoms with Crippen molar-refractivity contribution < 1.29 is 18.7 Å². The van der Waals surface area contributed by atoms with Crippen LogP contribution < -0.4 is 14.8 Å². The molecule has 2 aromatic carbocycles. The van der Waals surface area contributed by atoms with Crippen molar-refractivity contribution in [3.05, 3.63) is 60.0 Å². The highest BCUT2D eigenvalue weighted by Crippen LogP contribution is 2.31. The number of carbonyl (C=O) groups is 1. The molecule has 6 heteroatoms. The molecule has 3 aromatic rings. The second kappa shape index (κ2) is 6.32. The number of anilines is 1. The van der Waals surface area contributed by atoms with Gasteiger partial charge >= 0.3 is 0 Å². The standard InChI is InChI=1S/C19H16N2O4/c1-12-11-20-19(25-12)14-3-2-4-15(9-14)21-18(22)13-5-6-16-17(10-13)24-8-7-23-16/h2-6,9-11H,7-8H2,1H3,(H,21,22). The highest BCUT2D eigenvalue weighted by molar-refractivity contribution is 6.04. The Morgan fingerprint density at radius 1 is 1.08 bits per heavy atom. The van der Waals surface area contributed by atoms with E-state index in [0.29, 0.717) is 41.9 Å². The number of oxazole rings is 1. The van der Waals surface area contributed by atoms with Crippen LogP contribution in [0.3, 0.4) is 0 Å². The Bertz CT molecular complexity index is 933. The second-order valence-electron chi connectivity index (χ2n) is 5.67. The average Bonchev–Trinajstić information content (AvgIpc) is 3.08. The highest BCUT2D eigenvalue weighted by atomic mass is 16.6. The number of amides is 1. The summed E-state index contributed by atoms with van der Waals surface area (Å²) in [5.74, 6) is 2.28. The largest absolute Gasteiger partial charge is 0.486 e. The zero-order valence-corrected chi connectivity index (χ0v) is 13.6. The molecule has 1 amide bonds. The molecule has 0 atom stereocenters. The van der Waals surface area contributed by atoms with Crippen LogP contribution >= 0.6 is 0 Å². The third kappa shape index (κ3) is 3.19. The molecule has 2 heterocycles. The van der Waals surface area contributed by atoms with E-state index in [-0.39, 0.29) is 5.91 Å². The molecule has 6 nitrogen and oxygen atoms in total. The molecule has 0 saturated heterocycles. The number of carbonyl (C=O) groups excluding carboxylic acids is 1. The van der Waals surface area contributed by atoms with Crippen LogP contribution in [0.15, 0.2) is 53.1 Å². The van der Waals surface area contributed by atoms with Crippen molar-refractivity contribution >= 4 is 11.6 Å². The Labute approximate surface area is 144 Å². The summed E-state index contributed by atoms with van der Waals surface area (Å²) in [4.78, 5) is 16.7. The van der Waals surface area contributed by atoms with Gasteiger partial charge in [0.25, 0.3) is 5.91 Å². The minimum absolute atomic E-state index is 0.224. The van der Waals surface area contributed by atoms with E-state index >= 15 is 0 Å². The lowest BCUT2D eigenvalue weighted by Crippen LogP contribution is -2.17. The van der Waals surface area contributed by atoms with E-state index in [9.17, 15) is 4.79 Å². The average molecular weight is 336 g/mol. The predicted molar refractivity (Wildman–Crippen MR) is 92.1 cm³/mol. The number of hydrogen-bond donors (Lipinski definition) is 1. The first-order valence-electron chi connectivity index (χ1n) is 7.93. The number of ether oxygens (including phenoxy) is 2. The first kappa shape index (κ1) is 15.3. The first-order valence-corrected chi connectivity index (χ1v) is 7.93. The maximum Gasteiger partial charge on any atom is 0.255 e. The molecule has 126 valence electrons. The van der Waals surface area contributed by atoms with Crippen molar-refractivity contribution in [3.8, 4) is 23.0 Å². The minimum atomic E-state index is -0.224. The van der Waals surface area contributed by atoms with E-state index in [0.717, 1.165) is 11.3 Å². The van der Waals surface area contributed by atoms with Crippen LogP contribution in [0.1, 0.15) is 16.1 Å². The summed E-state index contributed by atoms with van der Waals surface area (Å²) in [6.07, 6.45) is 1.66. The molecular weight excluding hydrogens is 320 g/mol. The van der Waals surface area contributed by atoms with E-state index in [1.165, 1.54) is 0 Å². The molecular formula is C19H16N2O4. The van der Waals surface area contributed by atoms with E-state index in [4.69, 9.17) is 13.9 Å². The molecule has 1 N–H and O–H groups in total. The van der Waals surface area contributed by atoms with Crippen molar-refractivity contribution in [2.75, 3.05) is 18.5 Å². The lowest BCUT2D eigenvalue weighted by atomic mass is 10.1. The zero-order chi connectivity index (χ0) is 17.2. The second-order valence-corrected chi connectivity index (χ2v) is 5.67. The lowest BCUT2D eigenvalue weighted by Gasteiger charge is -2.18. The van der Waals surface area contributed by atoms with Crippen molar-refractivity contribution in [3.63, 3.8) is 0 Å². The van der Waals surface area contributed by atoms with Gasteiger partial charge in [0.05, 0.1) is 6.20 Å². The van der Waals surface area contributed by atoms with Gasteiger partial charge in [-0.1, -0.05) is 6.07 Å². The van der Waals surface area contributed by atoms with Gasteiger partial charge in [-0.25, -0.2) is 4.98 Å². The first-order chi connectivity index (χ1) is 12.2. The summed E-state index contributed by atoms with van der Waals surface area (Å²) in [5, 5.41) is 2.88. The van der Waals surface area contributed by atoms with E-state index in [2.05, 4.69) is 10.3 Å². The molecule has 1 aliphatic rings. The number of aryl methyl sites for hydroxylation is 1. The Kier molecular flexibility index (Phi) is 3.85. The van der Waals surface area contributed by atoms with Gasteiger partial charge in [0.2, 0.25) is 5.89 Å². The molecule has 0 saturated carbocycles. The highest BCUT2D eigenvalue weighted by Gasteiger charge is 2.15. The van der Waals surface area contributed by atoms with Gasteiger partial charge in [-0.3, -0.25) is 4.79 Å². The predicted octanol–water partition coefficient (Wildman–Crippen LogP) is 3.67. The van der Waals surface area contributed by atoms with Crippen LogP contribution in [0.2, 0.25) is 0 Å². The summed E-state index contributed by atoms with van der Waals surface area (Å²) in [7, 11) is 0. The third-order valence-corrected chi connectivity index (χ3v) is 3.79. The van der Waals surface area contributed by atoms with Crippen LogP contribution in [0.4, 0.5) is 5.69 Å². The number of fused-ring (bicyclic) bond motifs is 1. The fourth-order valence-electron chi connectivity index (χ4n) is 2.61. The van der Waals surface area contributed by atoms with Gasteiger partial charge in [-0.05, 0) is 43.3 Å². The Hall–Kier alpha value is -3.28. The monoisotopic (exact) mass is 336 g/mol. The summed E-state index contributed by atoms with van der Waals surface area (Å²) in [5.41, 5.74) is 1.96. The van der Waals surface area contributed by atoms with Gasteiger partial charge in [0.15, 0.2) is 11.5 Å². The summed E-state index contributed by atoms with van der Waals surface area (Å²) in [6.45, 7) is 2.84. The summed E-state index contributed by atoms with van der Waals surface area (Å²) < 4.78 is 16.5. The number of aromatic nitrogens is 1. The fourth-order valence-corrected chi connectivity index (χ4v) is 2.61. The molecule has 0 radical (unpaired) electrons. The van der Waals surface area contributed by atoms with Crippen molar-refractivity contribution in [1.82, 2.24) is 4.98 Å². The van der Waals surface area contributed by atoms with Gasteiger partial charge < -0.3 is 19.2 Å². The van der Waals surface area contributed by atoms with Crippen LogP contribution in [0, 0.1) is 6.92 Å². The molecule has 25 heavy (non-hydrogen) atoms. The molecule has 0 fully saturated rings. The molecule has 0 bridgehead atoms. The van der Waals surface area contributed by atoms with Gasteiger partial charge in [-0.15, -0.1) is 0 Å². The van der Waals surface area contributed by atoms with Gasteiger partial charge in [0, 0.05) is 16.8 Å². The number of hydrogen-bond acceptors (Lipinski definition) is 5. The Morgan fingerprint density at radius 3 is 2.72 bits per heavy atom. The van der Waals surface area contributed by atoms with Crippen molar-refractivity contribution in [2.24, 2.45) is 0 Å². The minimum Gasteiger partial charge on any atom is -0.486 e. The smallest absolute Gasteiger partial charge is 0.255 e. The zero-order valence-electron chi connectivity index (χ0n) is 13.6. The molecule has 1 aromatic heterocycles. The Morgan fingerprint density at radius 2 is 1.92 bits per heavy atom. The maximum absolute atomic E-state index is 12.5. The van der Waals surface area contributed by atoms with Crippen LogP contribution in [-0.4, -0.2) is 24.1 Å². The van der Waals surface area contributed by atoms with Crippen LogP contribution in [0.5, 0.6) is 11.5 Å². The van der Waals surface area contributed by atoms with Crippen LogP contribution in [0.25, 0.3) is 11.5 Å². The molecule has 4 rings (SSSR count). The fraction of sp³-hybridized carbons (Fsp3) is 0.158. The third-order valence-electron chi connectivity index (χ3n) is 3.79. The Balaban J connectivity index is 1.55. The SMILES string of the molecule is Cc1cnc(-c2cccc(NC(=O)c3ccc4c(c3)OCCO4)c2)o1. The quantitative estimate of drug-likeness (QED) is 0.790. The normalized spacial score (nSPS) is 12.7. The topological polar surface area (TPSA) is 73.6 Å². The molecule has 0 spiro atoms. The number of nitrogens with one attached hydrogen (secondary N) is 1. The van der Waals surface area contributed by atoms with Crippen molar-refractivity contribution in [1.29, 1.82) is 0 Å². The molecule has 0 aliphatic carbocycles. The number of rotatable bonds is 3. The van der Waals surface area contributed by atoms with Gasteiger partial charge in [-0.2, -0.15) is 0 Å².